The fourth-order valence-corrected chi connectivity index (χ4v) is 3.00. The van der Waals surface area contributed by atoms with Crippen LogP contribution in [0.1, 0.15) is 19.4 Å². The van der Waals surface area contributed by atoms with Crippen molar-refractivity contribution in [3.63, 3.8) is 0 Å². The van der Waals surface area contributed by atoms with E-state index in [1.807, 2.05) is 36.5 Å². The maximum absolute atomic E-state index is 10.9. The summed E-state index contributed by atoms with van der Waals surface area (Å²) in [5, 5.41) is 5.26. The molecule has 0 aliphatic carbocycles. The lowest BCUT2D eigenvalue weighted by atomic mass is 10.0. The lowest BCUT2D eigenvalue weighted by Crippen LogP contribution is -2.36. The van der Waals surface area contributed by atoms with E-state index in [-0.39, 0.29) is 6.54 Å². The van der Waals surface area contributed by atoms with Crippen molar-refractivity contribution in [2.45, 2.75) is 20.0 Å². The van der Waals surface area contributed by atoms with Gasteiger partial charge in [-0.25, -0.2) is 4.98 Å². The van der Waals surface area contributed by atoms with Crippen molar-refractivity contribution in [2.75, 3.05) is 26.0 Å². The minimum atomic E-state index is -0.580. The van der Waals surface area contributed by atoms with Crippen LogP contribution in [0.25, 0.3) is 16.6 Å². The molecule has 32 heavy (non-hydrogen) atoms. The third-order valence-electron chi connectivity index (χ3n) is 5.03. The normalized spacial score (nSPS) is 15.5. The molecule has 0 amide bonds. The molecular formula is C23H29N7O2. The zero-order valence-electron chi connectivity index (χ0n) is 18.7. The summed E-state index contributed by atoms with van der Waals surface area (Å²) in [5.41, 5.74) is 13.1. The Bertz CT molecular complexity index is 1090. The average molecular weight is 436 g/mol. The zero-order chi connectivity index (χ0) is 23.1. The van der Waals surface area contributed by atoms with Gasteiger partial charge in [-0.3, -0.25) is 15.0 Å². The first-order valence-corrected chi connectivity index (χ1v) is 10.3. The number of aliphatic imine (C=N–C) groups is 1. The minimum Gasteiger partial charge on any atom is -0.404 e. The summed E-state index contributed by atoms with van der Waals surface area (Å²) in [7, 11) is 3.40. The minimum absolute atomic E-state index is 0.216. The fraction of sp³-hybridized carbons (Fsp3) is 0.304. The van der Waals surface area contributed by atoms with Gasteiger partial charge >= 0.3 is 0 Å². The smallest absolute Gasteiger partial charge is 0.150 e. The van der Waals surface area contributed by atoms with Crippen molar-refractivity contribution in [1.29, 1.82) is 0 Å². The number of allylic oxidation sites excluding steroid dienone is 3. The molecule has 0 aromatic carbocycles. The van der Waals surface area contributed by atoms with E-state index in [4.69, 9.17) is 15.5 Å². The average Bonchev–Trinajstić information content (AvgIpc) is 2.80. The lowest BCUT2D eigenvalue weighted by molar-refractivity contribution is -0.115. The van der Waals surface area contributed by atoms with Crippen LogP contribution in [0.4, 0.5) is 5.82 Å². The van der Waals surface area contributed by atoms with Crippen molar-refractivity contribution in [1.82, 2.24) is 20.4 Å². The molecule has 0 bridgehead atoms. The molecule has 3 heterocycles. The van der Waals surface area contributed by atoms with E-state index in [2.05, 4.69) is 40.6 Å². The number of hydrogen-bond donors (Lipinski definition) is 3. The Morgan fingerprint density at radius 1 is 1.38 bits per heavy atom. The van der Waals surface area contributed by atoms with E-state index in [9.17, 15) is 4.79 Å². The number of aromatic nitrogens is 2. The predicted molar refractivity (Wildman–Crippen MR) is 127 cm³/mol. The van der Waals surface area contributed by atoms with Gasteiger partial charge in [0, 0.05) is 50.1 Å². The van der Waals surface area contributed by atoms with Crippen LogP contribution in [0.5, 0.6) is 0 Å². The third kappa shape index (κ3) is 5.50. The molecule has 0 saturated carbocycles. The van der Waals surface area contributed by atoms with Crippen LogP contribution >= 0.6 is 0 Å². The second-order valence-corrected chi connectivity index (χ2v) is 7.63. The highest BCUT2D eigenvalue weighted by Gasteiger charge is 2.13. The lowest BCUT2D eigenvalue weighted by Gasteiger charge is -2.28. The Kier molecular flexibility index (Phi) is 7.56. The van der Waals surface area contributed by atoms with Crippen molar-refractivity contribution < 1.29 is 9.53 Å². The van der Waals surface area contributed by atoms with Gasteiger partial charge in [-0.2, -0.15) is 0 Å². The van der Waals surface area contributed by atoms with Gasteiger partial charge < -0.3 is 26.0 Å². The second-order valence-electron chi connectivity index (χ2n) is 7.63. The number of nitrogens with two attached hydrogens (primary N) is 1. The molecule has 1 aliphatic heterocycles. The number of aldehydes is 1. The van der Waals surface area contributed by atoms with Gasteiger partial charge in [0.2, 0.25) is 0 Å². The summed E-state index contributed by atoms with van der Waals surface area (Å²) in [6, 6.07) is 5.71. The Balaban J connectivity index is 1.83. The summed E-state index contributed by atoms with van der Waals surface area (Å²) in [5.74, 6) is 1.99. The van der Waals surface area contributed by atoms with Gasteiger partial charge in [0.25, 0.3) is 0 Å². The molecule has 1 unspecified atom stereocenters. The Hall–Kier alpha value is -3.72. The molecule has 9 heteroatoms. The molecule has 1 atom stereocenters. The quantitative estimate of drug-likeness (QED) is 0.406. The van der Waals surface area contributed by atoms with Crippen LogP contribution < -0.4 is 16.5 Å². The number of fused-ring (bicyclic) bond motifs is 1. The first-order chi connectivity index (χ1) is 15.4. The van der Waals surface area contributed by atoms with Crippen molar-refractivity contribution in [3.05, 3.63) is 59.8 Å². The summed E-state index contributed by atoms with van der Waals surface area (Å²) >= 11 is 0. The van der Waals surface area contributed by atoms with Gasteiger partial charge in [-0.15, -0.1) is 0 Å². The molecular weight excluding hydrogens is 406 g/mol. The first kappa shape index (κ1) is 23.0. The number of hydrazine groups is 1. The summed E-state index contributed by atoms with van der Waals surface area (Å²) in [6.07, 6.45) is 9.00. The molecule has 2 aromatic heterocycles. The van der Waals surface area contributed by atoms with Gasteiger partial charge in [0.1, 0.15) is 17.7 Å². The van der Waals surface area contributed by atoms with E-state index in [1.165, 1.54) is 18.9 Å². The number of carbonyl (C=O) groups is 1. The van der Waals surface area contributed by atoms with Crippen LogP contribution in [0.2, 0.25) is 0 Å². The monoisotopic (exact) mass is 435 g/mol. The molecule has 168 valence electrons. The topological polar surface area (TPSA) is 118 Å². The molecule has 0 spiro atoms. The van der Waals surface area contributed by atoms with Gasteiger partial charge in [0.05, 0.1) is 17.6 Å². The Morgan fingerprint density at radius 2 is 2.19 bits per heavy atom. The van der Waals surface area contributed by atoms with Crippen molar-refractivity contribution in [3.8, 4) is 0 Å². The van der Waals surface area contributed by atoms with E-state index in [0.717, 1.165) is 22.4 Å². The number of anilines is 1. The third-order valence-corrected chi connectivity index (χ3v) is 5.03. The van der Waals surface area contributed by atoms with E-state index in [0.29, 0.717) is 23.6 Å². The summed E-state index contributed by atoms with van der Waals surface area (Å²) < 4.78 is 5.00. The maximum Gasteiger partial charge on any atom is 0.150 e. The zero-order valence-corrected chi connectivity index (χ0v) is 18.7. The van der Waals surface area contributed by atoms with E-state index >= 15 is 0 Å². The second kappa shape index (κ2) is 10.5. The molecule has 0 fully saturated rings. The van der Waals surface area contributed by atoms with Crippen molar-refractivity contribution in [2.24, 2.45) is 16.6 Å². The highest BCUT2D eigenvalue weighted by Crippen LogP contribution is 2.22. The number of carbonyl (C=O) groups excluding carboxylic acids is 1. The summed E-state index contributed by atoms with van der Waals surface area (Å²) in [4.78, 5) is 24.3. The molecule has 1 aliphatic rings. The molecule has 3 rings (SSSR count). The molecule has 0 radical (unpaired) electrons. The Morgan fingerprint density at radius 3 is 2.88 bits per heavy atom. The maximum atomic E-state index is 10.9. The van der Waals surface area contributed by atoms with Gasteiger partial charge in [-0.1, -0.05) is 13.8 Å². The van der Waals surface area contributed by atoms with E-state index in [1.54, 1.807) is 12.4 Å². The van der Waals surface area contributed by atoms with Gasteiger partial charge in [-0.05, 0) is 35.8 Å². The predicted octanol–water partition coefficient (Wildman–Crippen LogP) is 2.46. The number of methoxy groups -OCH3 is 1. The standard InChI is InChI=1S/C23H29N7O2/c1-15(2)16-8-23(30(3)27-12-16)29-22-6-5-20-21(28-22)7-17(11-26-20)18(9-24)10-25-13-19(14-31)32-4/h5-12,14-15,19,27H,13,24H2,1-4H3,(H,28,29). The fourth-order valence-electron chi connectivity index (χ4n) is 3.00. The SMILES string of the molecule is COC(C=O)CN=CC(=CN)c1cnc2ccc(NC3=CC(C(C)C)=CNN3C)nc2c1. The van der Waals surface area contributed by atoms with E-state index < -0.39 is 6.10 Å². The highest BCUT2D eigenvalue weighted by atomic mass is 16.5. The number of hydrogen-bond acceptors (Lipinski definition) is 9. The van der Waals surface area contributed by atoms with Crippen LogP contribution in [0.15, 0.2) is 59.3 Å². The number of nitrogens with zero attached hydrogens (tertiary/aromatic N) is 4. The molecule has 4 N–H and O–H groups in total. The number of pyridine rings is 2. The molecule has 2 aromatic rings. The van der Waals surface area contributed by atoms with Crippen LogP contribution in [0.3, 0.4) is 0 Å². The largest absolute Gasteiger partial charge is 0.404 e. The van der Waals surface area contributed by atoms with Crippen LogP contribution in [0, 0.1) is 5.92 Å². The number of nitrogens with one attached hydrogen (secondary N) is 2. The number of rotatable bonds is 9. The van der Waals surface area contributed by atoms with Crippen LogP contribution in [-0.4, -0.2) is 54.3 Å². The Labute approximate surface area is 187 Å². The van der Waals surface area contributed by atoms with Crippen LogP contribution in [-0.2, 0) is 9.53 Å². The first-order valence-electron chi connectivity index (χ1n) is 10.3. The highest BCUT2D eigenvalue weighted by molar-refractivity contribution is 6.10. The molecule has 0 saturated heterocycles. The number of ether oxygens (including phenoxy) is 1. The molecule has 9 nitrogen and oxygen atoms in total. The van der Waals surface area contributed by atoms with Gasteiger partial charge in [0.15, 0.2) is 6.29 Å². The van der Waals surface area contributed by atoms with Crippen molar-refractivity contribution >= 4 is 34.9 Å². The summed E-state index contributed by atoms with van der Waals surface area (Å²) in [6.45, 7) is 4.51.